The fourth-order valence-electron chi connectivity index (χ4n) is 2.06. The fraction of sp³-hybridized carbons (Fsp3) is 0.857. The molecule has 104 valence electrons. The predicted molar refractivity (Wildman–Crippen MR) is 68.0 cm³/mol. The Balaban J connectivity index is 2.44. The Morgan fingerprint density at radius 1 is 1.17 bits per heavy atom. The molecule has 0 bridgehead atoms. The monoisotopic (exact) mass is 256 g/mol. The van der Waals surface area contributed by atoms with Crippen molar-refractivity contribution in [1.82, 2.24) is 0 Å². The first-order chi connectivity index (χ1) is 8.45. The van der Waals surface area contributed by atoms with Crippen LogP contribution in [0.5, 0.6) is 0 Å². The third-order valence-corrected chi connectivity index (χ3v) is 3.14. The average molecular weight is 256 g/mol. The topological polar surface area (TPSA) is 52.6 Å². The van der Waals surface area contributed by atoms with Crippen LogP contribution in [0.1, 0.15) is 65.7 Å². The molecule has 0 atom stereocenters. The molecule has 4 heteroatoms. The predicted octanol–water partition coefficient (Wildman–Crippen LogP) is 2.98. The van der Waals surface area contributed by atoms with E-state index in [4.69, 9.17) is 9.47 Å². The van der Waals surface area contributed by atoms with Crippen LogP contribution in [-0.2, 0) is 19.1 Å². The first-order valence-electron chi connectivity index (χ1n) is 6.88. The SMILES string of the molecule is CCCC(=O)OC(C)(C)C(=O)OC1CCCCC1. The van der Waals surface area contributed by atoms with Gasteiger partial charge in [0.25, 0.3) is 0 Å². The number of rotatable bonds is 5. The van der Waals surface area contributed by atoms with Crippen molar-refractivity contribution in [1.29, 1.82) is 0 Å². The maximum Gasteiger partial charge on any atom is 0.350 e. The molecule has 0 aliphatic heterocycles. The van der Waals surface area contributed by atoms with Crippen molar-refractivity contribution in [2.45, 2.75) is 77.4 Å². The number of carbonyl (C=O) groups excluding carboxylic acids is 2. The average Bonchev–Trinajstić information content (AvgIpc) is 2.29. The Morgan fingerprint density at radius 2 is 1.78 bits per heavy atom. The molecule has 1 aliphatic rings. The standard InChI is InChI=1S/C14H24O4/c1-4-8-12(15)18-14(2,3)13(16)17-11-9-6-5-7-10-11/h11H,4-10H2,1-3H3. The summed E-state index contributed by atoms with van der Waals surface area (Å²) in [6.07, 6.45) is 6.31. The quantitative estimate of drug-likeness (QED) is 0.710. The molecule has 18 heavy (non-hydrogen) atoms. The number of esters is 2. The molecule has 0 aromatic heterocycles. The van der Waals surface area contributed by atoms with Crippen LogP contribution < -0.4 is 0 Å². The third-order valence-electron chi connectivity index (χ3n) is 3.14. The van der Waals surface area contributed by atoms with Gasteiger partial charge in [-0.3, -0.25) is 4.79 Å². The summed E-state index contributed by atoms with van der Waals surface area (Å²) in [7, 11) is 0. The molecule has 4 nitrogen and oxygen atoms in total. The van der Waals surface area contributed by atoms with Gasteiger partial charge in [-0.25, -0.2) is 4.79 Å². The second-order valence-corrected chi connectivity index (χ2v) is 5.40. The van der Waals surface area contributed by atoms with Crippen LogP contribution in [0.4, 0.5) is 0 Å². The first-order valence-corrected chi connectivity index (χ1v) is 6.88. The number of hydrogen-bond acceptors (Lipinski definition) is 4. The molecule has 0 saturated heterocycles. The van der Waals surface area contributed by atoms with Crippen molar-refractivity contribution in [2.24, 2.45) is 0 Å². The molecule has 1 rings (SSSR count). The summed E-state index contributed by atoms with van der Waals surface area (Å²) < 4.78 is 10.6. The van der Waals surface area contributed by atoms with Gasteiger partial charge in [0.15, 0.2) is 0 Å². The lowest BCUT2D eigenvalue weighted by Crippen LogP contribution is -2.41. The van der Waals surface area contributed by atoms with Gasteiger partial charge in [-0.2, -0.15) is 0 Å². The second kappa shape index (κ2) is 6.76. The van der Waals surface area contributed by atoms with E-state index < -0.39 is 11.6 Å². The Morgan fingerprint density at radius 3 is 2.33 bits per heavy atom. The number of hydrogen-bond donors (Lipinski definition) is 0. The molecular formula is C14H24O4. The van der Waals surface area contributed by atoms with E-state index >= 15 is 0 Å². The molecule has 1 aliphatic carbocycles. The molecule has 0 heterocycles. The molecule has 0 amide bonds. The molecule has 0 spiro atoms. The summed E-state index contributed by atoms with van der Waals surface area (Å²) >= 11 is 0. The van der Waals surface area contributed by atoms with E-state index in [1.165, 1.54) is 6.42 Å². The van der Waals surface area contributed by atoms with E-state index in [1.54, 1.807) is 13.8 Å². The zero-order chi connectivity index (χ0) is 13.6. The molecule has 0 aromatic carbocycles. The normalized spacial score (nSPS) is 17.3. The maximum absolute atomic E-state index is 12.0. The second-order valence-electron chi connectivity index (χ2n) is 5.40. The van der Waals surface area contributed by atoms with Gasteiger partial charge in [-0.1, -0.05) is 13.3 Å². The van der Waals surface area contributed by atoms with Gasteiger partial charge in [0.2, 0.25) is 5.60 Å². The molecular weight excluding hydrogens is 232 g/mol. The fourth-order valence-corrected chi connectivity index (χ4v) is 2.06. The van der Waals surface area contributed by atoms with Crippen LogP contribution in [0.3, 0.4) is 0 Å². The number of ether oxygens (including phenoxy) is 2. The Kier molecular flexibility index (Phi) is 5.63. The zero-order valence-corrected chi connectivity index (χ0v) is 11.7. The van der Waals surface area contributed by atoms with Crippen molar-refractivity contribution in [2.75, 3.05) is 0 Å². The van der Waals surface area contributed by atoms with Gasteiger partial charge < -0.3 is 9.47 Å². The van der Waals surface area contributed by atoms with E-state index in [2.05, 4.69) is 0 Å². The van der Waals surface area contributed by atoms with Gasteiger partial charge in [-0.05, 0) is 46.0 Å². The third kappa shape index (κ3) is 4.67. The van der Waals surface area contributed by atoms with Gasteiger partial charge in [0.1, 0.15) is 6.10 Å². The van der Waals surface area contributed by atoms with E-state index in [-0.39, 0.29) is 12.1 Å². The highest BCUT2D eigenvalue weighted by Crippen LogP contribution is 2.23. The smallest absolute Gasteiger partial charge is 0.350 e. The Hall–Kier alpha value is -1.06. The van der Waals surface area contributed by atoms with E-state index in [1.807, 2.05) is 6.92 Å². The van der Waals surface area contributed by atoms with Crippen LogP contribution in [0.2, 0.25) is 0 Å². The Labute approximate surface area is 109 Å². The summed E-state index contributed by atoms with van der Waals surface area (Å²) in [6, 6.07) is 0. The van der Waals surface area contributed by atoms with E-state index in [9.17, 15) is 9.59 Å². The van der Waals surface area contributed by atoms with Crippen LogP contribution in [0.15, 0.2) is 0 Å². The highest BCUT2D eigenvalue weighted by molar-refractivity contribution is 5.82. The summed E-state index contributed by atoms with van der Waals surface area (Å²) in [5.74, 6) is -0.776. The van der Waals surface area contributed by atoms with Crippen LogP contribution in [-0.4, -0.2) is 23.6 Å². The van der Waals surface area contributed by atoms with Crippen LogP contribution >= 0.6 is 0 Å². The van der Waals surface area contributed by atoms with Gasteiger partial charge in [0.05, 0.1) is 0 Å². The van der Waals surface area contributed by atoms with E-state index in [0.29, 0.717) is 12.8 Å². The van der Waals surface area contributed by atoms with Gasteiger partial charge >= 0.3 is 11.9 Å². The molecule has 0 aromatic rings. The summed E-state index contributed by atoms with van der Waals surface area (Å²) in [6.45, 7) is 5.08. The highest BCUT2D eigenvalue weighted by Gasteiger charge is 2.35. The summed E-state index contributed by atoms with van der Waals surface area (Å²) in [4.78, 5) is 23.4. The Bertz CT molecular complexity index is 290. The van der Waals surface area contributed by atoms with E-state index in [0.717, 1.165) is 25.7 Å². The maximum atomic E-state index is 12.0. The number of carbonyl (C=O) groups is 2. The van der Waals surface area contributed by atoms with Crippen molar-refractivity contribution in [3.8, 4) is 0 Å². The lowest BCUT2D eigenvalue weighted by Gasteiger charge is -2.28. The minimum absolute atomic E-state index is 0.00426. The molecule has 0 unspecified atom stereocenters. The van der Waals surface area contributed by atoms with Gasteiger partial charge in [0, 0.05) is 6.42 Å². The van der Waals surface area contributed by atoms with Crippen molar-refractivity contribution >= 4 is 11.9 Å². The van der Waals surface area contributed by atoms with Crippen molar-refractivity contribution < 1.29 is 19.1 Å². The lowest BCUT2D eigenvalue weighted by molar-refractivity contribution is -0.183. The minimum Gasteiger partial charge on any atom is -0.459 e. The largest absolute Gasteiger partial charge is 0.459 e. The first kappa shape index (κ1) is 15.0. The van der Waals surface area contributed by atoms with Crippen molar-refractivity contribution in [3.63, 3.8) is 0 Å². The summed E-state index contributed by atoms with van der Waals surface area (Å²) in [5.41, 5.74) is -1.18. The molecule has 1 saturated carbocycles. The van der Waals surface area contributed by atoms with Gasteiger partial charge in [-0.15, -0.1) is 0 Å². The highest BCUT2D eigenvalue weighted by atomic mass is 16.6. The molecule has 0 N–H and O–H groups in total. The van der Waals surface area contributed by atoms with Crippen LogP contribution in [0.25, 0.3) is 0 Å². The molecule has 0 radical (unpaired) electrons. The van der Waals surface area contributed by atoms with Crippen LogP contribution in [0, 0.1) is 0 Å². The van der Waals surface area contributed by atoms with Crippen molar-refractivity contribution in [3.05, 3.63) is 0 Å². The molecule has 1 fully saturated rings. The lowest BCUT2D eigenvalue weighted by atomic mass is 9.97. The zero-order valence-electron chi connectivity index (χ0n) is 11.7. The summed E-state index contributed by atoms with van der Waals surface area (Å²) in [5, 5.41) is 0. The minimum atomic E-state index is -1.18.